The van der Waals surface area contributed by atoms with Gasteiger partial charge in [0.25, 0.3) is 0 Å². The molecular weight excluding hydrogens is 302 g/mol. The summed E-state index contributed by atoms with van der Waals surface area (Å²) >= 11 is 5.86. The van der Waals surface area contributed by atoms with Gasteiger partial charge in [-0.15, -0.1) is 0 Å². The summed E-state index contributed by atoms with van der Waals surface area (Å²) in [6.07, 6.45) is -1.23. The smallest absolute Gasteiger partial charge is 0.408 e. The highest BCUT2D eigenvalue weighted by Crippen LogP contribution is 2.26. The Hall–Kier alpha value is -2.28. The van der Waals surface area contributed by atoms with E-state index in [1.807, 2.05) is 0 Å². The van der Waals surface area contributed by atoms with Gasteiger partial charge >= 0.3 is 12.1 Å². The Morgan fingerprint density at radius 1 is 1.38 bits per heavy atom. The summed E-state index contributed by atoms with van der Waals surface area (Å²) in [6.45, 7) is -0.0423. The summed E-state index contributed by atoms with van der Waals surface area (Å²) in [4.78, 5) is 33.5. The van der Waals surface area contributed by atoms with Crippen LogP contribution in [0.3, 0.4) is 0 Å². The Morgan fingerprint density at radius 3 is 2.57 bits per heavy atom. The number of hydrogen-bond donors (Lipinski definition) is 2. The van der Waals surface area contributed by atoms with Gasteiger partial charge in [-0.1, -0.05) is 11.6 Å². The molecule has 1 fully saturated rings. The van der Waals surface area contributed by atoms with E-state index in [-0.39, 0.29) is 18.0 Å². The van der Waals surface area contributed by atoms with E-state index in [2.05, 4.69) is 0 Å². The van der Waals surface area contributed by atoms with Crippen molar-refractivity contribution in [3.8, 4) is 5.75 Å². The van der Waals surface area contributed by atoms with Crippen molar-refractivity contribution in [2.75, 3.05) is 6.54 Å². The summed E-state index contributed by atoms with van der Waals surface area (Å²) < 4.78 is 5.55. The maximum Gasteiger partial charge on any atom is 0.408 e. The Kier molecular flexibility index (Phi) is 4.32. The van der Waals surface area contributed by atoms with Crippen molar-refractivity contribution in [2.24, 2.45) is 0 Å². The monoisotopic (exact) mass is 313 g/mol. The van der Waals surface area contributed by atoms with Crippen LogP contribution in [0.4, 0.5) is 4.79 Å². The number of halogens is 1. The number of likely N-dealkylation sites (tertiary alicyclic amines) is 1. The summed E-state index contributed by atoms with van der Waals surface area (Å²) in [7, 11) is 0. The first kappa shape index (κ1) is 15.1. The van der Waals surface area contributed by atoms with E-state index < -0.39 is 24.2 Å². The highest BCUT2D eigenvalue weighted by Gasteiger charge is 2.41. The lowest BCUT2D eigenvalue weighted by Crippen LogP contribution is -2.39. The molecule has 0 unspecified atom stereocenters. The molecule has 1 heterocycles. The number of nitrogens with zero attached hydrogens (tertiary/aromatic N) is 1. The molecule has 0 bridgehead atoms. The first-order valence-corrected chi connectivity index (χ1v) is 6.44. The fourth-order valence-corrected chi connectivity index (χ4v) is 2.41. The summed E-state index contributed by atoms with van der Waals surface area (Å²) in [5, 5.41) is 18.2. The number of carbonyl (C=O) groups excluding carboxylic acids is 1. The predicted molar refractivity (Wildman–Crippen MR) is 72.0 cm³/mol. The van der Waals surface area contributed by atoms with Crippen LogP contribution >= 0.6 is 11.6 Å². The zero-order chi connectivity index (χ0) is 15.6. The van der Waals surface area contributed by atoms with Gasteiger partial charge in [0.15, 0.2) is 6.29 Å². The second-order valence-electron chi connectivity index (χ2n) is 4.57. The zero-order valence-corrected chi connectivity index (χ0v) is 11.5. The molecule has 8 heteroatoms. The number of amides is 1. The quantitative estimate of drug-likeness (QED) is 0.820. The van der Waals surface area contributed by atoms with Gasteiger partial charge in [0, 0.05) is 12.0 Å². The van der Waals surface area contributed by atoms with E-state index in [9.17, 15) is 14.4 Å². The summed E-state index contributed by atoms with van der Waals surface area (Å²) in [6, 6.07) is 3.31. The van der Waals surface area contributed by atoms with Crippen LogP contribution < -0.4 is 4.74 Å². The van der Waals surface area contributed by atoms with Crippen LogP contribution in [0.1, 0.15) is 16.8 Å². The standard InChI is InChI=1S/C13H12ClNO6/c14-10-3-8(2-1-7(10)6-16)21-9-4-11(12(17)18)15(5-9)13(19)20/h1-3,6,9,11H,4-5H2,(H,17,18)(H,19,20)/t9-,11-/m0/s1. The molecule has 1 aromatic carbocycles. The highest BCUT2D eigenvalue weighted by molar-refractivity contribution is 6.33. The van der Waals surface area contributed by atoms with Crippen molar-refractivity contribution in [3.05, 3.63) is 28.8 Å². The normalized spacial score (nSPS) is 21.1. The molecule has 0 radical (unpaired) electrons. The molecule has 0 aliphatic carbocycles. The van der Waals surface area contributed by atoms with E-state index in [1.54, 1.807) is 0 Å². The fourth-order valence-electron chi connectivity index (χ4n) is 2.20. The summed E-state index contributed by atoms with van der Waals surface area (Å²) in [5.74, 6) is -0.857. The maximum atomic E-state index is 11.0. The first-order valence-electron chi connectivity index (χ1n) is 6.06. The van der Waals surface area contributed by atoms with Crippen molar-refractivity contribution in [2.45, 2.75) is 18.6 Å². The third-order valence-corrected chi connectivity index (χ3v) is 3.52. The predicted octanol–water partition coefficient (Wildman–Crippen LogP) is 1.74. The van der Waals surface area contributed by atoms with Gasteiger partial charge in [-0.25, -0.2) is 9.59 Å². The number of rotatable bonds is 4. The molecule has 1 aliphatic heterocycles. The van der Waals surface area contributed by atoms with Crippen LogP contribution in [0, 0.1) is 0 Å². The molecule has 112 valence electrons. The van der Waals surface area contributed by atoms with Gasteiger partial charge in [-0.05, 0) is 18.2 Å². The molecule has 1 saturated heterocycles. The van der Waals surface area contributed by atoms with Crippen molar-refractivity contribution in [1.82, 2.24) is 4.90 Å². The molecule has 0 spiro atoms. The number of benzene rings is 1. The molecule has 2 atom stereocenters. The third kappa shape index (κ3) is 3.25. The average molecular weight is 314 g/mol. The van der Waals surface area contributed by atoms with Gasteiger partial charge in [0.05, 0.1) is 11.6 Å². The maximum absolute atomic E-state index is 11.0. The number of aliphatic carboxylic acids is 1. The van der Waals surface area contributed by atoms with Gasteiger partial charge in [0.1, 0.15) is 17.9 Å². The average Bonchev–Trinajstić information content (AvgIpc) is 2.83. The number of ether oxygens (including phenoxy) is 1. The van der Waals surface area contributed by atoms with Crippen LogP contribution in [0.15, 0.2) is 18.2 Å². The topological polar surface area (TPSA) is 104 Å². The molecular formula is C13H12ClNO6. The molecule has 1 aliphatic rings. The molecule has 7 nitrogen and oxygen atoms in total. The lowest BCUT2D eigenvalue weighted by atomic mass is 10.2. The number of carboxylic acids is 1. The number of hydrogen-bond acceptors (Lipinski definition) is 4. The van der Waals surface area contributed by atoms with Crippen LogP contribution in [-0.2, 0) is 4.79 Å². The van der Waals surface area contributed by atoms with E-state index >= 15 is 0 Å². The van der Waals surface area contributed by atoms with Crippen LogP contribution in [0.2, 0.25) is 5.02 Å². The Labute approximate surface area is 124 Å². The van der Waals surface area contributed by atoms with Gasteiger partial charge in [-0.2, -0.15) is 0 Å². The zero-order valence-electron chi connectivity index (χ0n) is 10.7. The van der Waals surface area contributed by atoms with Crippen molar-refractivity contribution < 1.29 is 29.3 Å². The molecule has 1 aromatic rings. The third-order valence-electron chi connectivity index (χ3n) is 3.20. The van der Waals surface area contributed by atoms with E-state index in [4.69, 9.17) is 26.6 Å². The molecule has 2 rings (SSSR count). The summed E-state index contributed by atoms with van der Waals surface area (Å²) in [5.41, 5.74) is 0.311. The second kappa shape index (κ2) is 6.01. The van der Waals surface area contributed by atoms with Crippen LogP contribution in [0.5, 0.6) is 5.75 Å². The minimum absolute atomic E-state index is 0.0423. The lowest BCUT2D eigenvalue weighted by Gasteiger charge is -2.16. The first-order chi connectivity index (χ1) is 9.92. The van der Waals surface area contributed by atoms with E-state index in [1.165, 1.54) is 18.2 Å². The van der Waals surface area contributed by atoms with Crippen LogP contribution in [0.25, 0.3) is 0 Å². The molecule has 0 saturated carbocycles. The minimum Gasteiger partial charge on any atom is -0.488 e. The van der Waals surface area contributed by atoms with E-state index in [0.717, 1.165) is 4.90 Å². The lowest BCUT2D eigenvalue weighted by molar-refractivity contribution is -0.141. The molecule has 1 amide bonds. The number of carbonyl (C=O) groups is 3. The molecule has 0 aromatic heterocycles. The van der Waals surface area contributed by atoms with Gasteiger partial charge < -0.3 is 14.9 Å². The largest absolute Gasteiger partial charge is 0.488 e. The fraction of sp³-hybridized carbons (Fsp3) is 0.308. The van der Waals surface area contributed by atoms with E-state index in [0.29, 0.717) is 17.6 Å². The molecule has 21 heavy (non-hydrogen) atoms. The minimum atomic E-state index is -1.30. The van der Waals surface area contributed by atoms with Crippen molar-refractivity contribution >= 4 is 29.9 Å². The Bertz CT molecular complexity index is 568. The highest BCUT2D eigenvalue weighted by atomic mass is 35.5. The van der Waals surface area contributed by atoms with Gasteiger partial charge in [-0.3, -0.25) is 9.69 Å². The van der Waals surface area contributed by atoms with Crippen molar-refractivity contribution in [3.63, 3.8) is 0 Å². The van der Waals surface area contributed by atoms with Crippen LogP contribution in [-0.4, -0.2) is 52.2 Å². The molecule has 2 N–H and O–H groups in total. The number of carboxylic acid groups (broad SMARTS) is 2. The number of aldehydes is 1. The second-order valence-corrected chi connectivity index (χ2v) is 4.97. The Balaban J connectivity index is 2.10. The van der Waals surface area contributed by atoms with Crippen molar-refractivity contribution in [1.29, 1.82) is 0 Å². The SMILES string of the molecule is O=Cc1ccc(O[C@H]2C[C@@H](C(=O)O)N(C(=O)O)C2)cc1Cl. The Morgan fingerprint density at radius 2 is 2.10 bits per heavy atom. The van der Waals surface area contributed by atoms with Gasteiger partial charge in [0.2, 0.25) is 0 Å².